The van der Waals surface area contributed by atoms with Crippen LogP contribution in [0.4, 0.5) is 0 Å². The van der Waals surface area contributed by atoms with E-state index in [1.54, 1.807) is 34.9 Å². The second-order valence-electron chi connectivity index (χ2n) is 4.01. The van der Waals surface area contributed by atoms with Gasteiger partial charge in [0, 0.05) is 12.4 Å². The number of nitrogens with zero attached hydrogens (tertiary/aromatic N) is 2. The molecule has 2 aromatic rings. The van der Waals surface area contributed by atoms with Gasteiger partial charge in [0.1, 0.15) is 0 Å². The molecule has 0 unspecified atom stereocenters. The van der Waals surface area contributed by atoms with Gasteiger partial charge in [-0.1, -0.05) is 72.1 Å². The van der Waals surface area contributed by atoms with E-state index in [-0.39, 0.29) is 0 Å². The Bertz CT molecular complexity index is 490. The molecule has 1 aromatic heterocycles. The molecular formula is C14H18N2OS3. The summed E-state index contributed by atoms with van der Waals surface area (Å²) in [4.78, 5) is 0. The third kappa shape index (κ3) is 5.83. The van der Waals surface area contributed by atoms with Crippen LogP contribution in [0.5, 0.6) is 0 Å². The van der Waals surface area contributed by atoms with E-state index in [9.17, 15) is 0 Å². The summed E-state index contributed by atoms with van der Waals surface area (Å²) in [7, 11) is 0. The number of thioether (sulfide) groups is 2. The molecule has 3 nitrogen and oxygen atoms in total. The molecule has 6 heteroatoms. The highest BCUT2D eigenvalue weighted by atomic mass is 32.2. The van der Waals surface area contributed by atoms with E-state index in [4.69, 9.17) is 4.74 Å². The molecule has 0 amide bonds. The van der Waals surface area contributed by atoms with Crippen molar-refractivity contribution in [3.05, 3.63) is 35.9 Å². The number of ether oxygens (including phenoxy) is 1. The number of aromatic nitrogens is 2. The molecule has 0 aliphatic rings. The van der Waals surface area contributed by atoms with Crippen LogP contribution in [0.2, 0.25) is 0 Å². The SMILES string of the molecule is CCSc1nnc(SCCCOCc2ccccc2)s1. The van der Waals surface area contributed by atoms with Crippen LogP contribution in [0.3, 0.4) is 0 Å². The highest BCUT2D eigenvalue weighted by Gasteiger charge is 2.04. The third-order valence-electron chi connectivity index (χ3n) is 2.43. The van der Waals surface area contributed by atoms with Crippen molar-refractivity contribution in [3.8, 4) is 0 Å². The Balaban J connectivity index is 1.55. The van der Waals surface area contributed by atoms with Crippen molar-refractivity contribution >= 4 is 34.9 Å². The van der Waals surface area contributed by atoms with Crippen molar-refractivity contribution in [3.63, 3.8) is 0 Å². The van der Waals surface area contributed by atoms with Gasteiger partial charge in [0.25, 0.3) is 0 Å². The standard InChI is InChI=1S/C14H18N2OS3/c1-2-18-13-15-16-14(20-13)19-10-6-9-17-11-12-7-4-3-5-8-12/h3-5,7-8H,2,6,9-11H2,1H3. The van der Waals surface area contributed by atoms with Gasteiger partial charge in [0.05, 0.1) is 6.61 Å². The maximum Gasteiger partial charge on any atom is 0.175 e. The maximum atomic E-state index is 5.65. The predicted molar refractivity (Wildman–Crippen MR) is 87.7 cm³/mol. The zero-order chi connectivity index (χ0) is 14.0. The van der Waals surface area contributed by atoms with Crippen molar-refractivity contribution < 1.29 is 4.74 Å². The fourth-order valence-electron chi connectivity index (χ4n) is 1.52. The van der Waals surface area contributed by atoms with Crippen LogP contribution >= 0.6 is 34.9 Å². The molecule has 2 rings (SSSR count). The summed E-state index contributed by atoms with van der Waals surface area (Å²) in [6.45, 7) is 3.61. The minimum atomic E-state index is 0.696. The van der Waals surface area contributed by atoms with Crippen LogP contribution in [0, 0.1) is 0 Å². The summed E-state index contributed by atoms with van der Waals surface area (Å²) in [6, 6.07) is 10.3. The molecule has 0 aliphatic carbocycles. The highest BCUT2D eigenvalue weighted by Crippen LogP contribution is 2.28. The highest BCUT2D eigenvalue weighted by molar-refractivity contribution is 8.03. The van der Waals surface area contributed by atoms with Gasteiger partial charge >= 0.3 is 0 Å². The lowest BCUT2D eigenvalue weighted by molar-refractivity contribution is 0.122. The molecule has 0 spiro atoms. The lowest BCUT2D eigenvalue weighted by Crippen LogP contribution is -1.96. The molecule has 0 saturated carbocycles. The summed E-state index contributed by atoms with van der Waals surface area (Å²) in [5.41, 5.74) is 1.23. The van der Waals surface area contributed by atoms with E-state index >= 15 is 0 Å². The molecule has 20 heavy (non-hydrogen) atoms. The van der Waals surface area contributed by atoms with Crippen LogP contribution in [-0.4, -0.2) is 28.3 Å². The summed E-state index contributed by atoms with van der Waals surface area (Å²) in [5.74, 6) is 2.08. The Hall–Kier alpha value is -0.560. The second kappa shape index (κ2) is 9.39. The first-order chi connectivity index (χ1) is 9.88. The molecule has 0 fully saturated rings. The van der Waals surface area contributed by atoms with Crippen LogP contribution in [0.1, 0.15) is 18.9 Å². The molecule has 1 aromatic carbocycles. The van der Waals surface area contributed by atoms with Gasteiger partial charge < -0.3 is 4.74 Å². The van der Waals surface area contributed by atoms with Crippen molar-refractivity contribution in [2.75, 3.05) is 18.1 Å². The van der Waals surface area contributed by atoms with E-state index in [1.165, 1.54) is 5.56 Å². The molecule has 0 N–H and O–H groups in total. The Morgan fingerprint density at radius 2 is 1.85 bits per heavy atom. The minimum absolute atomic E-state index is 0.696. The molecule has 0 atom stereocenters. The van der Waals surface area contributed by atoms with Crippen molar-refractivity contribution in [1.82, 2.24) is 10.2 Å². The summed E-state index contributed by atoms with van der Waals surface area (Å²) >= 11 is 5.19. The molecule has 0 bridgehead atoms. The van der Waals surface area contributed by atoms with E-state index in [0.717, 1.165) is 33.2 Å². The normalized spacial score (nSPS) is 10.8. The second-order valence-corrected chi connectivity index (χ2v) is 7.84. The first-order valence-electron chi connectivity index (χ1n) is 6.59. The smallest absolute Gasteiger partial charge is 0.175 e. The van der Waals surface area contributed by atoms with Crippen LogP contribution in [0.15, 0.2) is 39.0 Å². The van der Waals surface area contributed by atoms with E-state index < -0.39 is 0 Å². The van der Waals surface area contributed by atoms with Gasteiger partial charge in [-0.05, 0) is 17.7 Å². The Morgan fingerprint density at radius 1 is 1.10 bits per heavy atom. The summed E-state index contributed by atoms with van der Waals surface area (Å²) in [6.07, 6.45) is 1.04. The number of benzene rings is 1. The van der Waals surface area contributed by atoms with Gasteiger partial charge in [-0.25, -0.2) is 0 Å². The predicted octanol–water partition coefficient (Wildman–Crippen LogP) is 4.35. The van der Waals surface area contributed by atoms with Crippen molar-refractivity contribution in [1.29, 1.82) is 0 Å². The third-order valence-corrected chi connectivity index (χ3v) is 5.58. The topological polar surface area (TPSA) is 35.0 Å². The Morgan fingerprint density at radius 3 is 2.60 bits per heavy atom. The molecule has 0 radical (unpaired) electrons. The first kappa shape index (κ1) is 15.8. The maximum absolute atomic E-state index is 5.65. The van der Waals surface area contributed by atoms with Crippen molar-refractivity contribution in [2.24, 2.45) is 0 Å². The van der Waals surface area contributed by atoms with E-state index in [2.05, 4.69) is 29.3 Å². The number of hydrogen-bond acceptors (Lipinski definition) is 6. The Labute approximate surface area is 132 Å². The zero-order valence-electron chi connectivity index (χ0n) is 11.4. The number of hydrogen-bond donors (Lipinski definition) is 0. The number of rotatable bonds is 9. The largest absolute Gasteiger partial charge is 0.377 e. The Kier molecular flexibility index (Phi) is 7.43. The summed E-state index contributed by atoms with van der Waals surface area (Å²) in [5, 5.41) is 8.31. The zero-order valence-corrected chi connectivity index (χ0v) is 13.9. The van der Waals surface area contributed by atoms with E-state index in [0.29, 0.717) is 6.61 Å². The van der Waals surface area contributed by atoms with Gasteiger partial charge in [-0.15, -0.1) is 10.2 Å². The fourth-order valence-corrected chi connectivity index (χ4v) is 4.42. The van der Waals surface area contributed by atoms with Crippen LogP contribution in [0.25, 0.3) is 0 Å². The lowest BCUT2D eigenvalue weighted by Gasteiger charge is -2.03. The molecule has 1 heterocycles. The quantitative estimate of drug-likeness (QED) is 0.505. The average Bonchev–Trinajstić information content (AvgIpc) is 2.92. The van der Waals surface area contributed by atoms with Gasteiger partial charge in [-0.3, -0.25) is 0 Å². The van der Waals surface area contributed by atoms with Gasteiger partial charge in [0.2, 0.25) is 0 Å². The van der Waals surface area contributed by atoms with Gasteiger partial charge in [0.15, 0.2) is 8.68 Å². The van der Waals surface area contributed by atoms with Crippen molar-refractivity contribution in [2.45, 2.75) is 28.6 Å². The molecule has 0 saturated heterocycles. The molecular weight excluding hydrogens is 308 g/mol. The summed E-state index contributed by atoms with van der Waals surface area (Å²) < 4.78 is 7.78. The van der Waals surface area contributed by atoms with Crippen LogP contribution < -0.4 is 0 Å². The fraction of sp³-hybridized carbons (Fsp3) is 0.429. The van der Waals surface area contributed by atoms with E-state index in [1.807, 2.05) is 18.2 Å². The van der Waals surface area contributed by atoms with Crippen LogP contribution in [-0.2, 0) is 11.3 Å². The molecule has 0 aliphatic heterocycles. The average molecular weight is 327 g/mol. The monoisotopic (exact) mass is 326 g/mol. The lowest BCUT2D eigenvalue weighted by atomic mass is 10.2. The first-order valence-corrected chi connectivity index (χ1v) is 9.38. The minimum Gasteiger partial charge on any atom is -0.377 e. The van der Waals surface area contributed by atoms with Gasteiger partial charge in [-0.2, -0.15) is 0 Å². The molecule has 108 valence electrons.